The van der Waals surface area contributed by atoms with Gasteiger partial charge in [0.15, 0.2) is 0 Å². The van der Waals surface area contributed by atoms with Gasteiger partial charge >= 0.3 is 11.9 Å². The third-order valence-corrected chi connectivity index (χ3v) is 4.54. The molecule has 8 nitrogen and oxygen atoms in total. The molecule has 0 spiro atoms. The van der Waals surface area contributed by atoms with Gasteiger partial charge in [0.05, 0.1) is 19.1 Å². The van der Waals surface area contributed by atoms with E-state index in [9.17, 15) is 18.0 Å². The number of ether oxygens (including phenoxy) is 2. The largest absolute Gasteiger partial charge is 0.496 e. The van der Waals surface area contributed by atoms with E-state index in [-0.39, 0.29) is 16.2 Å². The van der Waals surface area contributed by atoms with Crippen LogP contribution in [0.3, 0.4) is 0 Å². The lowest BCUT2D eigenvalue weighted by Crippen LogP contribution is -2.44. The fourth-order valence-corrected chi connectivity index (χ4v) is 3.18. The summed E-state index contributed by atoms with van der Waals surface area (Å²) in [5, 5.41) is 9.09. The number of rotatable bonds is 7. The minimum atomic E-state index is -4.09. The van der Waals surface area contributed by atoms with Gasteiger partial charge in [0.2, 0.25) is 10.0 Å². The van der Waals surface area contributed by atoms with Crippen molar-refractivity contribution >= 4 is 22.0 Å². The summed E-state index contributed by atoms with van der Waals surface area (Å²) in [7, 11) is -1.63. The molecule has 1 aromatic rings. The number of hydrogen-bond acceptors (Lipinski definition) is 6. The summed E-state index contributed by atoms with van der Waals surface area (Å²) < 4.78 is 36.3. The predicted molar refractivity (Wildman–Crippen MR) is 80.9 cm³/mol. The average Bonchev–Trinajstić information content (AvgIpc) is 2.50. The summed E-state index contributed by atoms with van der Waals surface area (Å²) in [6.07, 6.45) is 0. The van der Waals surface area contributed by atoms with Crippen LogP contribution in [0.5, 0.6) is 5.75 Å². The van der Waals surface area contributed by atoms with Gasteiger partial charge in [0.1, 0.15) is 17.4 Å². The lowest BCUT2D eigenvalue weighted by atomic mass is 10.1. The van der Waals surface area contributed by atoms with E-state index in [1.165, 1.54) is 26.4 Å². The summed E-state index contributed by atoms with van der Waals surface area (Å²) in [4.78, 5) is 22.5. The monoisotopic (exact) mass is 345 g/mol. The van der Waals surface area contributed by atoms with Gasteiger partial charge in [-0.1, -0.05) is 13.8 Å². The molecule has 0 saturated heterocycles. The molecule has 9 heteroatoms. The quantitative estimate of drug-likeness (QED) is 0.704. The maximum atomic E-state index is 12.3. The van der Waals surface area contributed by atoms with E-state index < -0.39 is 33.9 Å². The Kier molecular flexibility index (Phi) is 6.11. The highest BCUT2D eigenvalue weighted by molar-refractivity contribution is 7.89. The Balaban J connectivity index is 3.24. The summed E-state index contributed by atoms with van der Waals surface area (Å²) in [5.41, 5.74) is 0.0626. The van der Waals surface area contributed by atoms with Crippen LogP contribution in [0.25, 0.3) is 0 Å². The van der Waals surface area contributed by atoms with Crippen LogP contribution in [0.1, 0.15) is 24.2 Å². The molecule has 0 fully saturated rings. The first-order chi connectivity index (χ1) is 10.6. The van der Waals surface area contributed by atoms with Crippen molar-refractivity contribution in [3.63, 3.8) is 0 Å². The second kappa shape index (κ2) is 7.42. The van der Waals surface area contributed by atoms with Crippen LogP contribution in [0.4, 0.5) is 0 Å². The molecular weight excluding hydrogens is 326 g/mol. The SMILES string of the molecule is COC(=O)c1ccc(S(=O)(=O)N[C@@H](C(=O)O)C(C)C)cc1OC. The van der Waals surface area contributed by atoms with Crippen LogP contribution >= 0.6 is 0 Å². The van der Waals surface area contributed by atoms with E-state index in [1.807, 2.05) is 0 Å². The Bertz CT molecular complexity index is 697. The topological polar surface area (TPSA) is 119 Å². The number of methoxy groups -OCH3 is 2. The smallest absolute Gasteiger partial charge is 0.341 e. The van der Waals surface area contributed by atoms with Crippen LogP contribution in [0.2, 0.25) is 0 Å². The number of aliphatic carboxylic acids is 1. The third-order valence-electron chi connectivity index (χ3n) is 3.10. The zero-order valence-corrected chi connectivity index (χ0v) is 14.0. The minimum absolute atomic E-state index is 0.0103. The van der Waals surface area contributed by atoms with Gasteiger partial charge in [-0.15, -0.1) is 0 Å². The highest BCUT2D eigenvalue weighted by Crippen LogP contribution is 2.24. The summed E-state index contributed by atoms with van der Waals surface area (Å²) in [6.45, 7) is 3.17. The van der Waals surface area contributed by atoms with Gasteiger partial charge in [0.25, 0.3) is 0 Å². The lowest BCUT2D eigenvalue weighted by Gasteiger charge is -2.18. The van der Waals surface area contributed by atoms with E-state index in [1.54, 1.807) is 13.8 Å². The van der Waals surface area contributed by atoms with E-state index >= 15 is 0 Å². The van der Waals surface area contributed by atoms with Crippen LogP contribution in [-0.2, 0) is 19.6 Å². The fraction of sp³-hybridized carbons (Fsp3) is 0.429. The van der Waals surface area contributed by atoms with Gasteiger partial charge in [-0.25, -0.2) is 13.2 Å². The Hall–Kier alpha value is -2.13. The molecule has 0 aliphatic carbocycles. The van der Waals surface area contributed by atoms with Crippen molar-refractivity contribution < 1.29 is 32.6 Å². The van der Waals surface area contributed by atoms with E-state index in [0.29, 0.717) is 0 Å². The summed E-state index contributed by atoms with van der Waals surface area (Å²) >= 11 is 0. The maximum absolute atomic E-state index is 12.3. The van der Waals surface area contributed by atoms with Crippen LogP contribution in [0, 0.1) is 5.92 Å². The molecule has 0 unspecified atom stereocenters. The highest BCUT2D eigenvalue weighted by Gasteiger charge is 2.29. The Morgan fingerprint density at radius 1 is 1.22 bits per heavy atom. The van der Waals surface area contributed by atoms with Gasteiger partial charge in [-0.05, 0) is 18.1 Å². The maximum Gasteiger partial charge on any atom is 0.341 e. The number of benzene rings is 1. The van der Waals surface area contributed by atoms with E-state index in [2.05, 4.69) is 9.46 Å². The molecule has 128 valence electrons. The third kappa shape index (κ3) is 4.42. The summed E-state index contributed by atoms with van der Waals surface area (Å²) in [6, 6.07) is 2.28. The van der Waals surface area contributed by atoms with Crippen LogP contribution in [0.15, 0.2) is 23.1 Å². The molecule has 2 N–H and O–H groups in total. The molecule has 0 aliphatic rings. The number of sulfonamides is 1. The second-order valence-corrected chi connectivity index (χ2v) is 6.75. The number of hydrogen-bond donors (Lipinski definition) is 2. The number of carbonyl (C=O) groups is 2. The number of carboxylic acids is 1. The van der Waals surface area contributed by atoms with Gasteiger partial charge in [0, 0.05) is 6.07 Å². The average molecular weight is 345 g/mol. The first-order valence-electron chi connectivity index (χ1n) is 6.65. The van der Waals surface area contributed by atoms with Crippen molar-refractivity contribution in [3.8, 4) is 5.75 Å². The number of carbonyl (C=O) groups excluding carboxylic acids is 1. The van der Waals surface area contributed by atoms with E-state index in [4.69, 9.17) is 9.84 Å². The van der Waals surface area contributed by atoms with Crippen molar-refractivity contribution in [2.45, 2.75) is 24.8 Å². The second-order valence-electron chi connectivity index (χ2n) is 5.03. The molecule has 23 heavy (non-hydrogen) atoms. The molecule has 0 amide bonds. The van der Waals surface area contributed by atoms with Crippen LogP contribution < -0.4 is 9.46 Å². The molecule has 1 atom stereocenters. The van der Waals surface area contributed by atoms with Gasteiger partial charge in [-0.2, -0.15) is 4.72 Å². The molecule has 0 radical (unpaired) electrons. The fourth-order valence-electron chi connectivity index (χ4n) is 1.82. The Labute approximate surface area is 134 Å². The summed E-state index contributed by atoms with van der Waals surface area (Å²) in [5.74, 6) is -2.39. The normalized spacial score (nSPS) is 12.7. The lowest BCUT2D eigenvalue weighted by molar-refractivity contribution is -0.140. The number of carboxylic acid groups (broad SMARTS) is 1. The van der Waals surface area contributed by atoms with Crippen molar-refractivity contribution in [1.82, 2.24) is 4.72 Å². The Morgan fingerprint density at radius 3 is 2.26 bits per heavy atom. The standard InChI is InChI=1S/C14H19NO7S/c1-8(2)12(13(16)17)15-23(19,20)9-5-6-10(14(18)22-4)11(7-9)21-3/h5-8,12,15H,1-4H3,(H,16,17)/t12-/m1/s1. The van der Waals surface area contributed by atoms with Crippen molar-refractivity contribution in [2.75, 3.05) is 14.2 Å². The molecule has 0 aliphatic heterocycles. The van der Waals surface area contributed by atoms with E-state index in [0.717, 1.165) is 6.07 Å². The molecule has 0 heterocycles. The predicted octanol–water partition coefficient (Wildman–Crippen LogP) is 0.869. The molecule has 1 rings (SSSR count). The van der Waals surface area contributed by atoms with Crippen molar-refractivity contribution in [3.05, 3.63) is 23.8 Å². The number of nitrogens with one attached hydrogen (secondary N) is 1. The minimum Gasteiger partial charge on any atom is -0.496 e. The molecular formula is C14H19NO7S. The molecule has 0 aromatic heterocycles. The first kappa shape index (κ1) is 18.9. The molecule has 0 saturated carbocycles. The zero-order chi connectivity index (χ0) is 17.8. The van der Waals surface area contributed by atoms with Crippen LogP contribution in [-0.4, -0.2) is 45.7 Å². The molecule has 1 aromatic carbocycles. The highest BCUT2D eigenvalue weighted by atomic mass is 32.2. The van der Waals surface area contributed by atoms with Crippen molar-refractivity contribution in [2.24, 2.45) is 5.92 Å². The molecule has 0 bridgehead atoms. The zero-order valence-electron chi connectivity index (χ0n) is 13.2. The first-order valence-corrected chi connectivity index (χ1v) is 8.13. The van der Waals surface area contributed by atoms with Crippen molar-refractivity contribution in [1.29, 1.82) is 0 Å². The Morgan fingerprint density at radius 2 is 1.83 bits per heavy atom. The number of esters is 1. The van der Waals surface area contributed by atoms with Gasteiger partial charge < -0.3 is 14.6 Å². The van der Waals surface area contributed by atoms with Gasteiger partial charge in [-0.3, -0.25) is 4.79 Å².